The highest BCUT2D eigenvalue weighted by molar-refractivity contribution is 6.30. The van der Waals surface area contributed by atoms with E-state index in [1.54, 1.807) is 12.3 Å². The fourth-order valence-electron chi connectivity index (χ4n) is 1.81. The minimum atomic E-state index is 0.198. The third kappa shape index (κ3) is 2.44. The minimum absolute atomic E-state index is 0.198. The van der Waals surface area contributed by atoms with E-state index in [-0.39, 0.29) is 5.95 Å². The zero-order chi connectivity index (χ0) is 13.2. The molecule has 0 aliphatic carbocycles. The second-order valence-corrected chi connectivity index (χ2v) is 4.42. The maximum absolute atomic E-state index is 5.98. The van der Waals surface area contributed by atoms with Gasteiger partial charge in [-0.15, -0.1) is 0 Å². The highest BCUT2D eigenvalue weighted by atomic mass is 35.5. The van der Waals surface area contributed by atoms with Crippen LogP contribution in [0.4, 0.5) is 5.95 Å². The molecule has 19 heavy (non-hydrogen) atoms. The summed E-state index contributed by atoms with van der Waals surface area (Å²) in [7, 11) is 0. The second-order valence-electron chi connectivity index (χ2n) is 3.98. The fraction of sp³-hybridized carbons (Fsp3) is 0. The quantitative estimate of drug-likeness (QED) is 0.773. The van der Waals surface area contributed by atoms with Gasteiger partial charge >= 0.3 is 0 Å². The molecule has 1 aromatic carbocycles. The first-order valence-corrected chi connectivity index (χ1v) is 6.04. The zero-order valence-electron chi connectivity index (χ0n) is 9.88. The van der Waals surface area contributed by atoms with Crippen LogP contribution in [0.25, 0.3) is 22.7 Å². The van der Waals surface area contributed by atoms with Gasteiger partial charge in [-0.3, -0.25) is 0 Å². The SMILES string of the molecule is Nc1nc(-c2cccc(Cl)c2)cc(-c2ccco2)n1. The second kappa shape index (κ2) is 4.74. The van der Waals surface area contributed by atoms with Crippen molar-refractivity contribution in [1.29, 1.82) is 0 Å². The van der Waals surface area contributed by atoms with Crippen LogP contribution in [0.15, 0.2) is 53.1 Å². The van der Waals surface area contributed by atoms with Crippen molar-refractivity contribution in [2.24, 2.45) is 0 Å². The number of anilines is 1. The van der Waals surface area contributed by atoms with Crippen molar-refractivity contribution in [2.75, 3.05) is 5.73 Å². The van der Waals surface area contributed by atoms with E-state index >= 15 is 0 Å². The summed E-state index contributed by atoms with van der Waals surface area (Å²) in [5.41, 5.74) is 7.98. The first kappa shape index (κ1) is 11.7. The molecule has 0 radical (unpaired) electrons. The van der Waals surface area contributed by atoms with Crippen molar-refractivity contribution in [2.45, 2.75) is 0 Å². The number of furan rings is 1. The van der Waals surface area contributed by atoms with Crippen LogP contribution < -0.4 is 5.73 Å². The summed E-state index contributed by atoms with van der Waals surface area (Å²) >= 11 is 5.98. The molecule has 5 heteroatoms. The number of hydrogen-bond donors (Lipinski definition) is 1. The highest BCUT2D eigenvalue weighted by Crippen LogP contribution is 2.26. The van der Waals surface area contributed by atoms with Crippen LogP contribution >= 0.6 is 11.6 Å². The van der Waals surface area contributed by atoms with E-state index in [1.165, 1.54) is 0 Å². The molecule has 0 amide bonds. The molecule has 0 aliphatic rings. The van der Waals surface area contributed by atoms with Gasteiger partial charge in [0, 0.05) is 10.6 Å². The van der Waals surface area contributed by atoms with Crippen LogP contribution in [0.3, 0.4) is 0 Å². The Labute approximate surface area is 114 Å². The topological polar surface area (TPSA) is 64.9 Å². The first-order valence-electron chi connectivity index (χ1n) is 5.67. The van der Waals surface area contributed by atoms with Crippen LogP contribution in [-0.2, 0) is 0 Å². The maximum atomic E-state index is 5.98. The van der Waals surface area contributed by atoms with Crippen LogP contribution in [0.1, 0.15) is 0 Å². The molecular formula is C14H10ClN3O. The molecule has 4 nitrogen and oxygen atoms in total. The van der Waals surface area contributed by atoms with Crippen LogP contribution in [-0.4, -0.2) is 9.97 Å². The number of halogens is 1. The van der Waals surface area contributed by atoms with Crippen molar-refractivity contribution in [3.05, 3.63) is 53.8 Å². The largest absolute Gasteiger partial charge is 0.463 e. The third-order valence-corrected chi connectivity index (χ3v) is 2.87. The van der Waals surface area contributed by atoms with E-state index in [1.807, 2.05) is 36.4 Å². The number of benzene rings is 1. The van der Waals surface area contributed by atoms with E-state index in [0.717, 1.165) is 5.56 Å². The molecule has 3 aromatic rings. The molecule has 0 unspecified atom stereocenters. The van der Waals surface area contributed by atoms with Crippen LogP contribution in [0.5, 0.6) is 0 Å². The third-order valence-electron chi connectivity index (χ3n) is 2.64. The number of nitrogens with zero attached hydrogens (tertiary/aromatic N) is 2. The molecule has 0 aliphatic heterocycles. The average molecular weight is 272 g/mol. The van der Waals surface area contributed by atoms with Gasteiger partial charge in [0.15, 0.2) is 5.76 Å². The van der Waals surface area contributed by atoms with E-state index in [4.69, 9.17) is 21.8 Å². The van der Waals surface area contributed by atoms with Crippen LogP contribution in [0, 0.1) is 0 Å². The highest BCUT2D eigenvalue weighted by Gasteiger charge is 2.08. The molecule has 94 valence electrons. The molecule has 0 spiro atoms. The molecule has 2 heterocycles. The van der Waals surface area contributed by atoms with Crippen molar-refractivity contribution >= 4 is 17.5 Å². The lowest BCUT2D eigenvalue weighted by Crippen LogP contribution is -1.98. The van der Waals surface area contributed by atoms with Gasteiger partial charge in [-0.1, -0.05) is 23.7 Å². The Morgan fingerprint density at radius 1 is 1.00 bits per heavy atom. The Bertz CT molecular complexity index is 710. The molecule has 3 rings (SSSR count). The maximum Gasteiger partial charge on any atom is 0.221 e. The predicted molar refractivity (Wildman–Crippen MR) is 74.6 cm³/mol. The number of rotatable bonds is 2. The number of hydrogen-bond acceptors (Lipinski definition) is 4. The normalized spacial score (nSPS) is 10.6. The van der Waals surface area contributed by atoms with Gasteiger partial charge in [-0.25, -0.2) is 9.97 Å². The van der Waals surface area contributed by atoms with Gasteiger partial charge in [0.25, 0.3) is 0 Å². The molecular weight excluding hydrogens is 262 g/mol. The first-order chi connectivity index (χ1) is 9.22. The van der Waals surface area contributed by atoms with E-state index in [9.17, 15) is 0 Å². The Hall–Kier alpha value is -2.33. The number of aromatic nitrogens is 2. The van der Waals surface area contributed by atoms with Gasteiger partial charge in [-0.2, -0.15) is 0 Å². The Kier molecular flexibility index (Phi) is 2.93. The smallest absolute Gasteiger partial charge is 0.221 e. The lowest BCUT2D eigenvalue weighted by molar-refractivity contribution is 0.580. The summed E-state index contributed by atoms with van der Waals surface area (Å²) in [6.45, 7) is 0. The van der Waals surface area contributed by atoms with Gasteiger partial charge in [0.05, 0.1) is 12.0 Å². The summed E-state index contributed by atoms with van der Waals surface area (Å²) in [4.78, 5) is 8.39. The molecule has 0 saturated heterocycles. The Morgan fingerprint density at radius 3 is 2.58 bits per heavy atom. The Morgan fingerprint density at radius 2 is 1.84 bits per heavy atom. The van der Waals surface area contributed by atoms with Crippen molar-refractivity contribution in [1.82, 2.24) is 9.97 Å². The Balaban J connectivity index is 2.12. The summed E-state index contributed by atoms with van der Waals surface area (Å²) < 4.78 is 5.32. The predicted octanol–water partition coefficient (Wildman–Crippen LogP) is 3.64. The van der Waals surface area contributed by atoms with E-state index < -0.39 is 0 Å². The van der Waals surface area contributed by atoms with E-state index in [2.05, 4.69) is 9.97 Å². The molecule has 0 bridgehead atoms. The molecule has 2 N–H and O–H groups in total. The van der Waals surface area contributed by atoms with Crippen molar-refractivity contribution < 1.29 is 4.42 Å². The van der Waals surface area contributed by atoms with Gasteiger partial charge < -0.3 is 10.2 Å². The number of nitrogens with two attached hydrogens (primary N) is 1. The fourth-order valence-corrected chi connectivity index (χ4v) is 2.00. The van der Waals surface area contributed by atoms with Crippen LogP contribution in [0.2, 0.25) is 5.02 Å². The van der Waals surface area contributed by atoms with Crippen molar-refractivity contribution in [3.8, 4) is 22.7 Å². The lowest BCUT2D eigenvalue weighted by Gasteiger charge is -2.05. The summed E-state index contributed by atoms with van der Waals surface area (Å²) in [5, 5.41) is 0.647. The molecule has 2 aromatic heterocycles. The zero-order valence-corrected chi connectivity index (χ0v) is 10.6. The van der Waals surface area contributed by atoms with Gasteiger partial charge in [0.2, 0.25) is 5.95 Å². The van der Waals surface area contributed by atoms with Gasteiger partial charge in [0.1, 0.15) is 5.69 Å². The monoisotopic (exact) mass is 271 g/mol. The number of nitrogen functional groups attached to an aromatic ring is 1. The summed E-state index contributed by atoms with van der Waals surface area (Å²) in [5.74, 6) is 0.848. The standard InChI is InChI=1S/C14H10ClN3O/c15-10-4-1-3-9(7-10)11-8-12(18-14(16)17-11)13-5-2-6-19-13/h1-8H,(H2,16,17,18). The summed E-state index contributed by atoms with van der Waals surface area (Å²) in [6, 6.07) is 12.9. The van der Waals surface area contributed by atoms with E-state index in [0.29, 0.717) is 22.2 Å². The average Bonchev–Trinajstić information content (AvgIpc) is 2.92. The van der Waals surface area contributed by atoms with Crippen molar-refractivity contribution in [3.63, 3.8) is 0 Å². The molecule has 0 saturated carbocycles. The molecule has 0 atom stereocenters. The molecule has 0 fully saturated rings. The lowest BCUT2D eigenvalue weighted by atomic mass is 10.1. The minimum Gasteiger partial charge on any atom is -0.463 e. The van der Waals surface area contributed by atoms with Gasteiger partial charge in [-0.05, 0) is 30.3 Å². The summed E-state index contributed by atoms with van der Waals surface area (Å²) in [6.07, 6.45) is 1.59.